The number of halogens is 3. The molecule has 0 spiro atoms. The largest absolute Gasteiger partial charge is 0.295 e. The average molecular weight is 581 g/mol. The highest BCUT2D eigenvalue weighted by Crippen LogP contribution is 2.29. The van der Waals surface area contributed by atoms with Crippen molar-refractivity contribution in [2.24, 2.45) is 15.2 Å². The fourth-order valence-electron chi connectivity index (χ4n) is 3.59. The lowest BCUT2D eigenvalue weighted by molar-refractivity contribution is 0.463. The molecule has 4 rings (SSSR count). The molecule has 0 saturated carbocycles. The predicted octanol–water partition coefficient (Wildman–Crippen LogP) is 4.31. The van der Waals surface area contributed by atoms with Crippen LogP contribution in [0.5, 0.6) is 0 Å². The summed E-state index contributed by atoms with van der Waals surface area (Å²) in [4.78, 5) is 5.45. The van der Waals surface area contributed by atoms with E-state index in [0.717, 1.165) is 21.7 Å². The smallest absolute Gasteiger partial charge is 0.274 e. The van der Waals surface area contributed by atoms with Gasteiger partial charge in [-0.2, -0.15) is 13.5 Å². The van der Waals surface area contributed by atoms with Crippen molar-refractivity contribution >= 4 is 45.4 Å². The lowest BCUT2D eigenvalue weighted by Crippen LogP contribution is -2.36. The summed E-state index contributed by atoms with van der Waals surface area (Å²) >= 11 is 7.31. The monoisotopic (exact) mass is 580 g/mol. The van der Waals surface area contributed by atoms with E-state index in [-0.39, 0.29) is 24.8 Å². The second-order valence-corrected chi connectivity index (χ2v) is 10.5. The molecule has 1 aliphatic heterocycles. The lowest BCUT2D eigenvalue weighted by Gasteiger charge is -2.19. The highest BCUT2D eigenvalue weighted by atomic mass is 35.5. The Bertz CT molecular complexity index is 1340. The van der Waals surface area contributed by atoms with Gasteiger partial charge >= 0.3 is 0 Å². The average Bonchev–Trinajstić information content (AvgIpc) is 3.36. The molecule has 0 aromatic heterocycles. The molecular formula is C25H27ClF2N6O2S2. The van der Waals surface area contributed by atoms with E-state index in [1.807, 2.05) is 42.5 Å². The van der Waals surface area contributed by atoms with Crippen LogP contribution in [-0.2, 0) is 10.2 Å². The Kier molecular flexibility index (Phi) is 11.0. The molecular weight excluding hydrogens is 554 g/mol. The van der Waals surface area contributed by atoms with Crippen LogP contribution in [0.2, 0.25) is 5.02 Å². The van der Waals surface area contributed by atoms with Crippen molar-refractivity contribution in [3.63, 3.8) is 0 Å². The summed E-state index contributed by atoms with van der Waals surface area (Å²) in [7, 11) is -3.32. The highest BCUT2D eigenvalue weighted by molar-refractivity contribution is 7.98. The van der Waals surface area contributed by atoms with Gasteiger partial charge in [0.2, 0.25) is 5.96 Å². The van der Waals surface area contributed by atoms with Gasteiger partial charge in [0.15, 0.2) is 0 Å². The zero-order valence-electron chi connectivity index (χ0n) is 20.4. The third-order valence-electron chi connectivity index (χ3n) is 5.25. The third kappa shape index (κ3) is 8.77. The van der Waals surface area contributed by atoms with Crippen LogP contribution in [0.3, 0.4) is 0 Å². The number of aliphatic imine (C=N–C) groups is 1. The number of nitrogens with one attached hydrogen (secondary N) is 2. The van der Waals surface area contributed by atoms with E-state index in [9.17, 15) is 17.2 Å². The minimum atomic E-state index is -3.82. The second-order valence-electron chi connectivity index (χ2n) is 7.84. The Labute approximate surface area is 230 Å². The highest BCUT2D eigenvalue weighted by Gasteiger charge is 2.31. The van der Waals surface area contributed by atoms with E-state index in [1.165, 1.54) is 24.1 Å². The minimum absolute atomic E-state index is 0.0279. The molecule has 3 aromatic carbocycles. The van der Waals surface area contributed by atoms with Crippen molar-refractivity contribution in [1.82, 2.24) is 14.5 Å². The zero-order valence-corrected chi connectivity index (χ0v) is 22.8. The van der Waals surface area contributed by atoms with Gasteiger partial charge in [0, 0.05) is 22.4 Å². The van der Waals surface area contributed by atoms with Crippen molar-refractivity contribution in [2.45, 2.75) is 10.8 Å². The molecule has 1 unspecified atom stereocenters. The Morgan fingerprint density at radius 3 is 2.39 bits per heavy atom. The van der Waals surface area contributed by atoms with Gasteiger partial charge in [-0.05, 0) is 59.5 Å². The van der Waals surface area contributed by atoms with Gasteiger partial charge in [0.05, 0.1) is 26.0 Å². The number of rotatable bonds is 8. The molecule has 13 heteroatoms. The van der Waals surface area contributed by atoms with E-state index in [1.54, 1.807) is 29.3 Å². The molecule has 0 saturated heterocycles. The molecule has 0 radical (unpaired) electrons. The molecule has 1 heterocycles. The summed E-state index contributed by atoms with van der Waals surface area (Å²) < 4.78 is 51.0. The maximum Gasteiger partial charge on any atom is 0.274 e. The van der Waals surface area contributed by atoms with Gasteiger partial charge in [-0.3, -0.25) is 9.11 Å². The quantitative estimate of drug-likeness (QED) is 0.159. The minimum Gasteiger partial charge on any atom is -0.295 e. The summed E-state index contributed by atoms with van der Waals surface area (Å²) in [5.41, 5.74) is 2.63. The van der Waals surface area contributed by atoms with E-state index in [0.29, 0.717) is 24.7 Å². The topological polar surface area (TPSA) is 112 Å². The van der Waals surface area contributed by atoms with Gasteiger partial charge < -0.3 is 0 Å². The number of nitrogens with two attached hydrogens (primary N) is 1. The van der Waals surface area contributed by atoms with Crippen LogP contribution in [0, 0.1) is 5.82 Å². The number of benzene rings is 3. The summed E-state index contributed by atoms with van der Waals surface area (Å²) in [6.45, 7) is 0.639. The fraction of sp³-hybridized carbons (Fsp3) is 0.200. The van der Waals surface area contributed by atoms with Gasteiger partial charge in [-0.25, -0.2) is 24.3 Å². The van der Waals surface area contributed by atoms with Crippen molar-refractivity contribution in [3.05, 3.63) is 101 Å². The number of nitrogens with zero attached hydrogens (tertiary/aromatic N) is 3. The Balaban J connectivity index is 0.00000195. The van der Waals surface area contributed by atoms with Crippen LogP contribution in [0.1, 0.15) is 17.0 Å². The molecule has 8 nitrogen and oxygen atoms in total. The number of hydrogen-bond donors (Lipinski definition) is 3. The van der Waals surface area contributed by atoms with Crippen LogP contribution in [0.25, 0.3) is 0 Å². The van der Waals surface area contributed by atoms with Crippen molar-refractivity contribution < 1.29 is 17.2 Å². The standard InChI is InChI=1S/C24H24ClFN6O2S2.CH3F/c25-19-8-12-21(13-9-19)35-31-24(28-14-15-29-36(27,33)34)32-16-22(17-4-2-1-3-5-17)23(30-32)18-6-10-20(26)11-7-18;1-2/h1-13,22,29H,14-16H2,(H,28,31)(H2,27,33,34);1H3. The first-order valence-electron chi connectivity index (χ1n) is 11.3. The maximum atomic E-state index is 13.6. The Hall–Kier alpha value is -3.03. The van der Waals surface area contributed by atoms with Crippen molar-refractivity contribution in [1.29, 1.82) is 0 Å². The normalized spacial score (nSPS) is 15.5. The van der Waals surface area contributed by atoms with Gasteiger partial charge in [-0.15, -0.1) is 0 Å². The third-order valence-corrected chi connectivity index (χ3v) is 6.90. The van der Waals surface area contributed by atoms with Gasteiger partial charge in [0.1, 0.15) is 5.82 Å². The Morgan fingerprint density at radius 1 is 1.11 bits per heavy atom. The fourth-order valence-corrected chi connectivity index (χ4v) is 4.74. The second kappa shape index (κ2) is 14.2. The van der Waals surface area contributed by atoms with E-state index >= 15 is 0 Å². The van der Waals surface area contributed by atoms with E-state index in [2.05, 4.69) is 14.4 Å². The van der Waals surface area contributed by atoms with Gasteiger partial charge in [0.25, 0.3) is 10.2 Å². The molecule has 0 fully saturated rings. The maximum absolute atomic E-state index is 13.6. The van der Waals surface area contributed by atoms with Crippen LogP contribution in [0.15, 0.2) is 93.9 Å². The molecule has 0 bridgehead atoms. The number of hydrogen-bond acceptors (Lipinski definition) is 5. The lowest BCUT2D eigenvalue weighted by atomic mass is 9.91. The summed E-state index contributed by atoms with van der Waals surface area (Å²) in [6.07, 6.45) is 0. The zero-order chi connectivity index (χ0) is 27.5. The van der Waals surface area contributed by atoms with Crippen molar-refractivity contribution in [2.75, 3.05) is 26.8 Å². The Morgan fingerprint density at radius 2 is 1.76 bits per heavy atom. The number of guanidine groups is 1. The number of hydrazone groups is 1. The molecule has 1 aliphatic rings. The molecule has 0 amide bonds. The first-order valence-corrected chi connectivity index (χ1v) is 14.1. The molecule has 0 aliphatic carbocycles. The van der Waals surface area contributed by atoms with Crippen LogP contribution in [0.4, 0.5) is 8.78 Å². The van der Waals surface area contributed by atoms with E-state index < -0.39 is 10.2 Å². The first kappa shape index (κ1) is 29.5. The van der Waals surface area contributed by atoms with Crippen LogP contribution >= 0.6 is 23.5 Å². The number of alkyl halides is 1. The van der Waals surface area contributed by atoms with Crippen molar-refractivity contribution in [3.8, 4) is 0 Å². The SMILES string of the molecule is CF.NS(=O)(=O)NCCN=C(NSc1ccc(Cl)cc1)N1CC(c2ccccc2)C(c2ccc(F)cc2)=N1. The molecule has 3 aromatic rings. The summed E-state index contributed by atoms with van der Waals surface area (Å²) in [5, 5.41) is 12.2. The predicted molar refractivity (Wildman–Crippen MR) is 150 cm³/mol. The molecule has 202 valence electrons. The molecule has 38 heavy (non-hydrogen) atoms. The summed E-state index contributed by atoms with van der Waals surface area (Å²) in [6, 6.07) is 23.4. The first-order chi connectivity index (χ1) is 18.3. The molecule has 1 atom stereocenters. The van der Waals surface area contributed by atoms with Crippen LogP contribution < -0.4 is 14.6 Å². The van der Waals surface area contributed by atoms with E-state index in [4.69, 9.17) is 21.8 Å². The summed E-state index contributed by atoms with van der Waals surface area (Å²) in [5.74, 6) is 0.0204. The molecule has 4 N–H and O–H groups in total. The van der Waals surface area contributed by atoms with Gasteiger partial charge in [-0.1, -0.05) is 54.1 Å². The van der Waals surface area contributed by atoms with Crippen LogP contribution in [-0.4, -0.2) is 51.9 Å².